The van der Waals surface area contributed by atoms with Crippen LogP contribution in [0.2, 0.25) is 0 Å². The van der Waals surface area contributed by atoms with Crippen molar-refractivity contribution in [1.29, 1.82) is 0 Å². The highest BCUT2D eigenvalue weighted by molar-refractivity contribution is 7.89. The maximum atomic E-state index is 13.0. The normalized spacial score (nSPS) is 15.7. The van der Waals surface area contributed by atoms with Gasteiger partial charge in [0.05, 0.1) is 11.2 Å². The van der Waals surface area contributed by atoms with E-state index in [1.165, 1.54) is 24.0 Å². The molecule has 3 aromatic rings. The molecule has 0 unspecified atom stereocenters. The third-order valence-corrected chi connectivity index (χ3v) is 7.35. The summed E-state index contributed by atoms with van der Waals surface area (Å²) >= 11 is 0. The second kappa shape index (κ2) is 8.85. The Morgan fingerprint density at radius 2 is 1.67 bits per heavy atom. The topological polar surface area (TPSA) is 79.6 Å². The third-order valence-electron chi connectivity index (χ3n) is 5.44. The van der Waals surface area contributed by atoms with Crippen molar-refractivity contribution in [2.75, 3.05) is 18.4 Å². The molecule has 0 bridgehead atoms. The van der Waals surface area contributed by atoms with E-state index in [2.05, 4.69) is 17.4 Å². The smallest absolute Gasteiger partial charge is 0.291 e. The van der Waals surface area contributed by atoms with Gasteiger partial charge in [-0.25, -0.2) is 8.42 Å². The summed E-state index contributed by atoms with van der Waals surface area (Å²) in [6.45, 7) is 1.05. The fraction of sp³-hybridized carbons (Fsp3) is 0.261. The van der Waals surface area contributed by atoms with Gasteiger partial charge in [-0.2, -0.15) is 4.31 Å². The Balaban J connectivity index is 1.36. The minimum absolute atomic E-state index is 0.199. The molecule has 0 spiro atoms. The van der Waals surface area contributed by atoms with Gasteiger partial charge in [0.1, 0.15) is 0 Å². The average Bonchev–Trinajstić information content (AvgIpc) is 3.30. The van der Waals surface area contributed by atoms with Crippen LogP contribution in [0, 0.1) is 5.92 Å². The van der Waals surface area contributed by atoms with Gasteiger partial charge in [-0.05, 0) is 67.1 Å². The fourth-order valence-electron chi connectivity index (χ4n) is 3.76. The van der Waals surface area contributed by atoms with Crippen molar-refractivity contribution in [3.63, 3.8) is 0 Å². The Morgan fingerprint density at radius 1 is 0.967 bits per heavy atom. The van der Waals surface area contributed by atoms with Crippen molar-refractivity contribution in [2.24, 2.45) is 5.92 Å². The standard InChI is InChI=1S/C23H24N2O4S/c26-23(22-7-4-16-29-22)24-20-8-10-21(11-9-20)30(27,28)25-14-12-19(13-15-25)17-18-5-2-1-3-6-18/h1-11,16,19H,12-15,17H2,(H,24,26). The number of sulfonamides is 1. The molecular formula is C23H24N2O4S. The average molecular weight is 425 g/mol. The predicted molar refractivity (Wildman–Crippen MR) is 115 cm³/mol. The van der Waals surface area contributed by atoms with Crippen molar-refractivity contribution in [1.82, 2.24) is 4.31 Å². The van der Waals surface area contributed by atoms with Crippen LogP contribution in [-0.2, 0) is 16.4 Å². The summed E-state index contributed by atoms with van der Waals surface area (Å²) in [5, 5.41) is 2.69. The van der Waals surface area contributed by atoms with E-state index in [4.69, 9.17) is 4.42 Å². The lowest BCUT2D eigenvalue weighted by atomic mass is 9.91. The molecular weight excluding hydrogens is 400 g/mol. The van der Waals surface area contributed by atoms with Gasteiger partial charge in [0, 0.05) is 18.8 Å². The Labute approximate surface area is 176 Å². The zero-order chi connectivity index (χ0) is 21.0. The van der Waals surface area contributed by atoms with Gasteiger partial charge in [0.15, 0.2) is 5.76 Å². The largest absolute Gasteiger partial charge is 0.459 e. The van der Waals surface area contributed by atoms with Crippen LogP contribution in [0.15, 0.2) is 82.3 Å². The lowest BCUT2D eigenvalue weighted by Crippen LogP contribution is -2.38. The Bertz CT molecular complexity index is 1070. The highest BCUT2D eigenvalue weighted by atomic mass is 32.2. The molecule has 6 nitrogen and oxygen atoms in total. The molecule has 0 aliphatic carbocycles. The van der Waals surface area contributed by atoms with E-state index in [-0.39, 0.29) is 16.6 Å². The van der Waals surface area contributed by atoms with Crippen LogP contribution < -0.4 is 5.32 Å². The number of benzene rings is 2. The molecule has 1 saturated heterocycles. The number of piperidine rings is 1. The summed E-state index contributed by atoms with van der Waals surface area (Å²) < 4.78 is 32.6. The van der Waals surface area contributed by atoms with Crippen LogP contribution in [0.25, 0.3) is 0 Å². The highest BCUT2D eigenvalue weighted by Crippen LogP contribution is 2.27. The summed E-state index contributed by atoms with van der Waals surface area (Å²) in [6.07, 6.45) is 4.11. The monoisotopic (exact) mass is 424 g/mol. The first-order chi connectivity index (χ1) is 14.5. The molecule has 30 heavy (non-hydrogen) atoms. The van der Waals surface area contributed by atoms with Gasteiger partial charge < -0.3 is 9.73 Å². The first-order valence-electron chi connectivity index (χ1n) is 10.0. The van der Waals surface area contributed by atoms with Crippen LogP contribution in [-0.4, -0.2) is 31.7 Å². The lowest BCUT2D eigenvalue weighted by Gasteiger charge is -2.31. The molecule has 4 rings (SSSR count). The van der Waals surface area contributed by atoms with Crippen LogP contribution >= 0.6 is 0 Å². The van der Waals surface area contributed by atoms with E-state index in [1.807, 2.05) is 18.2 Å². The second-order valence-corrected chi connectivity index (χ2v) is 9.43. The minimum Gasteiger partial charge on any atom is -0.459 e. The number of anilines is 1. The Kier molecular flexibility index (Phi) is 6.01. The van der Waals surface area contributed by atoms with Crippen LogP contribution in [0.5, 0.6) is 0 Å². The van der Waals surface area contributed by atoms with Gasteiger partial charge in [-0.3, -0.25) is 4.79 Å². The Hall–Kier alpha value is -2.90. The molecule has 1 amide bonds. The van der Waals surface area contributed by atoms with Crippen molar-refractivity contribution >= 4 is 21.6 Å². The first kappa shape index (κ1) is 20.4. The van der Waals surface area contributed by atoms with Crippen molar-refractivity contribution in [3.05, 3.63) is 84.3 Å². The molecule has 1 fully saturated rings. The number of nitrogens with one attached hydrogen (secondary N) is 1. The van der Waals surface area contributed by atoms with Crippen molar-refractivity contribution in [2.45, 2.75) is 24.2 Å². The number of carbonyl (C=O) groups is 1. The van der Waals surface area contributed by atoms with Crippen LogP contribution in [0.1, 0.15) is 29.0 Å². The third kappa shape index (κ3) is 4.63. The van der Waals surface area contributed by atoms with E-state index >= 15 is 0 Å². The van der Waals surface area contributed by atoms with Gasteiger partial charge in [0.25, 0.3) is 5.91 Å². The van der Waals surface area contributed by atoms with E-state index in [0.717, 1.165) is 19.3 Å². The zero-order valence-electron chi connectivity index (χ0n) is 16.5. The maximum absolute atomic E-state index is 13.0. The molecule has 0 saturated carbocycles. The number of hydrogen-bond acceptors (Lipinski definition) is 4. The summed E-state index contributed by atoms with van der Waals surface area (Å²) in [5.41, 5.74) is 1.81. The SMILES string of the molecule is O=C(Nc1ccc(S(=O)(=O)N2CCC(Cc3ccccc3)CC2)cc1)c1ccco1. The van der Waals surface area contributed by atoms with Gasteiger partial charge in [-0.15, -0.1) is 0 Å². The summed E-state index contributed by atoms with van der Waals surface area (Å²) in [7, 11) is -3.54. The maximum Gasteiger partial charge on any atom is 0.291 e. The second-order valence-electron chi connectivity index (χ2n) is 7.49. The minimum atomic E-state index is -3.54. The molecule has 0 radical (unpaired) electrons. The van der Waals surface area contributed by atoms with Gasteiger partial charge in [0.2, 0.25) is 10.0 Å². The molecule has 2 aromatic carbocycles. The quantitative estimate of drug-likeness (QED) is 0.644. The molecule has 1 aliphatic rings. The van der Waals surface area contributed by atoms with Crippen molar-refractivity contribution < 1.29 is 17.6 Å². The first-order valence-corrected chi connectivity index (χ1v) is 11.5. The van der Waals surface area contributed by atoms with Crippen LogP contribution in [0.4, 0.5) is 5.69 Å². The van der Waals surface area contributed by atoms with E-state index in [1.54, 1.807) is 28.6 Å². The zero-order valence-corrected chi connectivity index (χ0v) is 17.3. The molecule has 1 aromatic heterocycles. The van der Waals surface area contributed by atoms with Gasteiger partial charge >= 0.3 is 0 Å². The number of furan rings is 1. The molecule has 1 N–H and O–H groups in total. The number of amides is 1. The van der Waals surface area contributed by atoms with Crippen LogP contribution in [0.3, 0.4) is 0 Å². The number of nitrogens with zero attached hydrogens (tertiary/aromatic N) is 1. The van der Waals surface area contributed by atoms with E-state index < -0.39 is 10.0 Å². The summed E-state index contributed by atoms with van der Waals surface area (Å²) in [6, 6.07) is 19.8. The number of carbonyl (C=O) groups excluding carboxylic acids is 1. The fourth-order valence-corrected chi connectivity index (χ4v) is 5.23. The lowest BCUT2D eigenvalue weighted by molar-refractivity contribution is 0.0996. The summed E-state index contributed by atoms with van der Waals surface area (Å²) in [4.78, 5) is 12.3. The summed E-state index contributed by atoms with van der Waals surface area (Å²) in [5.74, 6) is 0.319. The molecule has 156 valence electrons. The molecule has 2 heterocycles. The predicted octanol–water partition coefficient (Wildman–Crippen LogP) is 4.18. The van der Waals surface area contributed by atoms with Crippen molar-refractivity contribution in [3.8, 4) is 0 Å². The Morgan fingerprint density at radius 3 is 2.30 bits per heavy atom. The van der Waals surface area contributed by atoms with Gasteiger partial charge in [-0.1, -0.05) is 30.3 Å². The number of rotatable bonds is 6. The van der Waals surface area contributed by atoms with E-state index in [9.17, 15) is 13.2 Å². The van der Waals surface area contributed by atoms with E-state index in [0.29, 0.717) is 24.7 Å². The number of hydrogen-bond donors (Lipinski definition) is 1. The molecule has 0 atom stereocenters. The molecule has 7 heteroatoms. The molecule has 1 aliphatic heterocycles. The highest BCUT2D eigenvalue weighted by Gasteiger charge is 2.29.